The molecule has 3 aromatic heterocycles. The number of aromatic nitrogens is 5. The first-order chi connectivity index (χ1) is 14.7. The lowest BCUT2D eigenvalue weighted by Gasteiger charge is -2.28. The van der Waals surface area contributed by atoms with Gasteiger partial charge in [0.25, 0.3) is 0 Å². The Morgan fingerprint density at radius 1 is 1.27 bits per heavy atom. The minimum atomic E-state index is 0.596. The van der Waals surface area contributed by atoms with Crippen molar-refractivity contribution in [3.05, 3.63) is 58.5 Å². The van der Waals surface area contributed by atoms with Crippen LogP contribution in [0.5, 0.6) is 0 Å². The second-order valence-electron chi connectivity index (χ2n) is 7.55. The van der Waals surface area contributed by atoms with E-state index >= 15 is 0 Å². The van der Waals surface area contributed by atoms with Crippen LogP contribution in [0.3, 0.4) is 0 Å². The number of aryl methyl sites for hydroxylation is 1. The summed E-state index contributed by atoms with van der Waals surface area (Å²) in [4.78, 5) is 11.7. The summed E-state index contributed by atoms with van der Waals surface area (Å²) in [5, 5.41) is 8.28. The Balaban J connectivity index is 1.50. The van der Waals surface area contributed by atoms with Gasteiger partial charge in [-0.2, -0.15) is 5.10 Å². The number of rotatable bonds is 5. The minimum Gasteiger partial charge on any atom is -0.384 e. The van der Waals surface area contributed by atoms with Crippen LogP contribution in [0.25, 0.3) is 22.4 Å². The molecule has 0 saturated heterocycles. The number of halogens is 1. The number of hydrogen-bond donors (Lipinski definition) is 1. The average Bonchev–Trinajstić information content (AvgIpc) is 3.33. The maximum absolute atomic E-state index is 6.55. The number of anilines is 1. The Kier molecular flexibility index (Phi) is 4.92. The van der Waals surface area contributed by atoms with E-state index < -0.39 is 0 Å². The van der Waals surface area contributed by atoms with E-state index in [4.69, 9.17) is 21.3 Å². The second kappa shape index (κ2) is 7.74. The number of imidazole rings is 1. The predicted octanol–water partition coefficient (Wildman–Crippen LogP) is 3.76. The molecule has 1 aliphatic rings. The van der Waals surface area contributed by atoms with Gasteiger partial charge < -0.3 is 14.2 Å². The van der Waals surface area contributed by atoms with Crippen molar-refractivity contribution in [1.82, 2.24) is 24.7 Å². The van der Waals surface area contributed by atoms with E-state index in [-0.39, 0.29) is 0 Å². The van der Waals surface area contributed by atoms with Crippen molar-refractivity contribution in [2.24, 2.45) is 7.05 Å². The average molecular weight is 423 g/mol. The second-order valence-corrected chi connectivity index (χ2v) is 7.95. The van der Waals surface area contributed by atoms with Crippen LogP contribution in [0.15, 0.2) is 36.5 Å². The number of hydrogen-bond acceptors (Lipinski definition) is 5. The number of pyridine rings is 1. The van der Waals surface area contributed by atoms with E-state index in [1.807, 2.05) is 31.3 Å². The number of fused-ring (bicyclic) bond motifs is 2. The smallest absolute Gasteiger partial charge is 0.142 e. The highest BCUT2D eigenvalue weighted by Crippen LogP contribution is 2.33. The Hall–Kier alpha value is -2.90. The third-order valence-corrected chi connectivity index (χ3v) is 6.06. The molecule has 5 rings (SSSR count). The summed E-state index contributed by atoms with van der Waals surface area (Å²) in [5.74, 6) is 1.73. The summed E-state index contributed by atoms with van der Waals surface area (Å²) < 4.78 is 7.30. The van der Waals surface area contributed by atoms with Crippen LogP contribution in [-0.4, -0.2) is 45.0 Å². The van der Waals surface area contributed by atoms with Crippen LogP contribution in [-0.2, 0) is 31.2 Å². The number of aromatic amines is 1. The van der Waals surface area contributed by atoms with E-state index in [0.29, 0.717) is 11.6 Å². The number of nitrogens with one attached hydrogen (secondary N) is 1. The zero-order valence-electron chi connectivity index (χ0n) is 17.0. The van der Waals surface area contributed by atoms with Crippen LogP contribution in [0.4, 0.5) is 5.82 Å². The summed E-state index contributed by atoms with van der Waals surface area (Å²) in [6, 6.07) is 10.1. The SMILES string of the molecule is COCCc1n[nH]c2c1CN(c1cc(-c3nc4ccccc4n3C)c(Cl)cn1)CC2. The van der Waals surface area contributed by atoms with Crippen LogP contribution in [0, 0.1) is 0 Å². The quantitative estimate of drug-likeness (QED) is 0.530. The predicted molar refractivity (Wildman–Crippen MR) is 118 cm³/mol. The van der Waals surface area contributed by atoms with Gasteiger partial charge in [0.1, 0.15) is 11.6 Å². The lowest BCUT2D eigenvalue weighted by Crippen LogP contribution is -2.31. The topological polar surface area (TPSA) is 71.9 Å². The number of ether oxygens (including phenoxy) is 1. The first-order valence-corrected chi connectivity index (χ1v) is 10.4. The normalized spacial score (nSPS) is 13.8. The molecular formula is C22H23ClN6O. The Morgan fingerprint density at radius 3 is 2.97 bits per heavy atom. The van der Waals surface area contributed by atoms with Gasteiger partial charge in [-0.05, 0) is 18.2 Å². The van der Waals surface area contributed by atoms with Crippen LogP contribution >= 0.6 is 11.6 Å². The van der Waals surface area contributed by atoms with Crippen LogP contribution in [0.2, 0.25) is 5.02 Å². The highest BCUT2D eigenvalue weighted by Gasteiger charge is 2.24. The molecule has 154 valence electrons. The van der Waals surface area contributed by atoms with Crippen molar-refractivity contribution in [2.75, 3.05) is 25.2 Å². The largest absolute Gasteiger partial charge is 0.384 e. The molecule has 4 aromatic rings. The molecule has 0 bridgehead atoms. The standard InChI is InChI=1S/C22H23ClN6O/c1-28-20-6-4-3-5-19(20)25-22(28)14-11-21(24-12-16(14)23)29-9-7-17-15(13-29)18(27-26-17)8-10-30-2/h3-6,11-12H,7-10,13H2,1-2H3,(H,26,27). The van der Waals surface area contributed by atoms with Crippen molar-refractivity contribution in [3.63, 3.8) is 0 Å². The molecule has 7 nitrogen and oxygen atoms in total. The van der Waals surface area contributed by atoms with Crippen molar-refractivity contribution in [2.45, 2.75) is 19.4 Å². The highest BCUT2D eigenvalue weighted by molar-refractivity contribution is 6.33. The molecule has 0 unspecified atom stereocenters. The number of H-pyrrole nitrogens is 1. The molecule has 0 atom stereocenters. The first-order valence-electron chi connectivity index (χ1n) is 10.0. The molecule has 0 radical (unpaired) electrons. The molecule has 1 N–H and O–H groups in total. The molecule has 4 heterocycles. The monoisotopic (exact) mass is 422 g/mol. The van der Waals surface area contributed by atoms with E-state index in [9.17, 15) is 0 Å². The van der Waals surface area contributed by atoms with Gasteiger partial charge >= 0.3 is 0 Å². The van der Waals surface area contributed by atoms with E-state index in [1.165, 1.54) is 11.3 Å². The van der Waals surface area contributed by atoms with Crippen molar-refractivity contribution < 1.29 is 4.74 Å². The lowest BCUT2D eigenvalue weighted by atomic mass is 10.0. The summed E-state index contributed by atoms with van der Waals surface area (Å²) in [6.45, 7) is 2.30. The molecule has 1 aromatic carbocycles. The Bertz CT molecular complexity index is 1210. The van der Waals surface area contributed by atoms with Crippen molar-refractivity contribution in [3.8, 4) is 11.4 Å². The first kappa shape index (κ1) is 19.1. The summed E-state index contributed by atoms with van der Waals surface area (Å²) in [6.07, 6.45) is 3.43. The number of para-hydroxylation sites is 2. The molecule has 0 spiro atoms. The molecule has 1 aliphatic heterocycles. The molecule has 0 aliphatic carbocycles. The molecule has 0 amide bonds. The van der Waals surface area contributed by atoms with Gasteiger partial charge in [0.05, 0.1) is 28.4 Å². The number of benzene rings is 1. The maximum Gasteiger partial charge on any atom is 0.142 e. The third-order valence-electron chi connectivity index (χ3n) is 5.76. The number of nitrogens with zero attached hydrogens (tertiary/aromatic N) is 5. The molecule has 0 saturated carbocycles. The van der Waals surface area contributed by atoms with Crippen molar-refractivity contribution in [1.29, 1.82) is 0 Å². The van der Waals surface area contributed by atoms with Crippen molar-refractivity contribution >= 4 is 28.5 Å². The summed E-state index contributed by atoms with van der Waals surface area (Å²) in [7, 11) is 3.73. The van der Waals surface area contributed by atoms with Gasteiger partial charge in [0, 0.05) is 63.1 Å². The van der Waals surface area contributed by atoms with Gasteiger partial charge in [0.15, 0.2) is 0 Å². The molecule has 8 heteroatoms. The fourth-order valence-electron chi connectivity index (χ4n) is 4.11. The van der Waals surface area contributed by atoms with Gasteiger partial charge in [-0.15, -0.1) is 0 Å². The summed E-state index contributed by atoms with van der Waals surface area (Å²) >= 11 is 6.55. The van der Waals surface area contributed by atoms with Gasteiger partial charge in [-0.1, -0.05) is 23.7 Å². The van der Waals surface area contributed by atoms with Gasteiger partial charge in [-0.3, -0.25) is 5.10 Å². The Morgan fingerprint density at radius 2 is 2.13 bits per heavy atom. The lowest BCUT2D eigenvalue weighted by molar-refractivity contribution is 0.201. The zero-order chi connectivity index (χ0) is 20.7. The number of methoxy groups -OCH3 is 1. The van der Waals surface area contributed by atoms with E-state index in [0.717, 1.165) is 59.9 Å². The Labute approximate surface area is 179 Å². The zero-order valence-corrected chi connectivity index (χ0v) is 17.8. The molecular weight excluding hydrogens is 400 g/mol. The van der Waals surface area contributed by atoms with Crippen LogP contribution in [0.1, 0.15) is 17.0 Å². The van der Waals surface area contributed by atoms with E-state index in [2.05, 4.69) is 30.7 Å². The van der Waals surface area contributed by atoms with Gasteiger partial charge in [-0.25, -0.2) is 9.97 Å². The van der Waals surface area contributed by atoms with Gasteiger partial charge in [0.2, 0.25) is 0 Å². The maximum atomic E-state index is 6.55. The molecule has 30 heavy (non-hydrogen) atoms. The third kappa shape index (κ3) is 3.24. The minimum absolute atomic E-state index is 0.596. The van der Waals surface area contributed by atoms with E-state index in [1.54, 1.807) is 13.3 Å². The molecule has 0 fully saturated rings. The highest BCUT2D eigenvalue weighted by atomic mass is 35.5. The van der Waals surface area contributed by atoms with Crippen LogP contribution < -0.4 is 4.90 Å². The fourth-order valence-corrected chi connectivity index (χ4v) is 4.30. The summed E-state index contributed by atoms with van der Waals surface area (Å²) in [5.41, 5.74) is 6.44. The fraction of sp³-hybridized carbons (Fsp3) is 0.318.